The summed E-state index contributed by atoms with van der Waals surface area (Å²) in [6.45, 7) is 2.09. The fraction of sp³-hybridized carbons (Fsp3) is 0.294. The smallest absolute Gasteiger partial charge is 0.143 e. The molecule has 0 heterocycles. The Morgan fingerprint density at radius 2 is 1.95 bits per heavy atom. The molecule has 0 bridgehead atoms. The second-order valence-corrected chi connectivity index (χ2v) is 6.81. The SMILES string of the molecule is COc1cc(Br)cc(C)c1NC1Cc2ccc(Cl)cc2C1. The van der Waals surface area contributed by atoms with E-state index in [2.05, 4.69) is 46.4 Å². The molecule has 2 aromatic rings. The third-order valence-corrected chi connectivity index (χ3v) is 4.63. The Morgan fingerprint density at radius 3 is 2.71 bits per heavy atom. The van der Waals surface area contributed by atoms with E-state index in [4.69, 9.17) is 16.3 Å². The second-order valence-electron chi connectivity index (χ2n) is 5.46. The molecule has 2 aromatic carbocycles. The highest BCUT2D eigenvalue weighted by atomic mass is 79.9. The van der Waals surface area contributed by atoms with Gasteiger partial charge in [-0.2, -0.15) is 0 Å². The van der Waals surface area contributed by atoms with Crippen LogP contribution in [0.25, 0.3) is 0 Å². The molecule has 0 aromatic heterocycles. The zero-order valence-electron chi connectivity index (χ0n) is 12.0. The molecule has 0 amide bonds. The van der Waals surface area contributed by atoms with Crippen LogP contribution in [0.1, 0.15) is 16.7 Å². The molecule has 110 valence electrons. The van der Waals surface area contributed by atoms with Gasteiger partial charge in [0.1, 0.15) is 5.75 Å². The van der Waals surface area contributed by atoms with Crippen LogP contribution in [0.5, 0.6) is 5.75 Å². The van der Waals surface area contributed by atoms with Gasteiger partial charge in [0, 0.05) is 15.5 Å². The van der Waals surface area contributed by atoms with E-state index >= 15 is 0 Å². The maximum absolute atomic E-state index is 6.08. The van der Waals surface area contributed by atoms with E-state index in [1.165, 1.54) is 16.7 Å². The van der Waals surface area contributed by atoms with Gasteiger partial charge >= 0.3 is 0 Å². The van der Waals surface area contributed by atoms with Crippen LogP contribution in [-0.4, -0.2) is 13.2 Å². The average Bonchev–Trinajstić information content (AvgIpc) is 2.83. The first-order valence-corrected chi connectivity index (χ1v) is 8.12. The Bertz CT molecular complexity index is 687. The number of halogens is 2. The summed E-state index contributed by atoms with van der Waals surface area (Å²) in [5.74, 6) is 0.871. The molecule has 0 fully saturated rings. The lowest BCUT2D eigenvalue weighted by molar-refractivity contribution is 0.415. The van der Waals surface area contributed by atoms with Crippen molar-refractivity contribution in [2.75, 3.05) is 12.4 Å². The molecule has 3 rings (SSSR count). The van der Waals surface area contributed by atoms with Gasteiger partial charge in [0.25, 0.3) is 0 Å². The number of rotatable bonds is 3. The standard InChI is InChI=1S/C17H17BrClNO/c1-10-5-13(18)9-16(21-2)17(10)20-15-7-11-3-4-14(19)6-12(11)8-15/h3-6,9,15,20H,7-8H2,1-2H3. The van der Waals surface area contributed by atoms with Crippen LogP contribution in [-0.2, 0) is 12.8 Å². The Balaban J connectivity index is 1.83. The van der Waals surface area contributed by atoms with Crippen molar-refractivity contribution in [3.8, 4) is 5.75 Å². The fourth-order valence-electron chi connectivity index (χ4n) is 2.95. The van der Waals surface area contributed by atoms with Crippen LogP contribution in [0.4, 0.5) is 5.69 Å². The zero-order chi connectivity index (χ0) is 15.0. The number of hydrogen-bond acceptors (Lipinski definition) is 2. The Kier molecular flexibility index (Phi) is 4.14. The molecule has 1 N–H and O–H groups in total. The van der Waals surface area contributed by atoms with Crippen LogP contribution in [0.3, 0.4) is 0 Å². The van der Waals surface area contributed by atoms with E-state index < -0.39 is 0 Å². The summed E-state index contributed by atoms with van der Waals surface area (Å²) >= 11 is 9.59. The van der Waals surface area contributed by atoms with Gasteiger partial charge in [-0.25, -0.2) is 0 Å². The molecule has 0 saturated heterocycles. The van der Waals surface area contributed by atoms with E-state index in [1.807, 2.05) is 12.1 Å². The first kappa shape index (κ1) is 14.7. The number of ether oxygens (including phenoxy) is 1. The molecule has 1 unspecified atom stereocenters. The van der Waals surface area contributed by atoms with Crippen molar-refractivity contribution in [3.63, 3.8) is 0 Å². The minimum Gasteiger partial charge on any atom is -0.495 e. The second kappa shape index (κ2) is 5.90. The lowest BCUT2D eigenvalue weighted by atomic mass is 10.1. The molecule has 0 spiro atoms. The van der Waals surface area contributed by atoms with Crippen molar-refractivity contribution in [3.05, 3.63) is 56.5 Å². The quantitative estimate of drug-likeness (QED) is 0.825. The van der Waals surface area contributed by atoms with E-state index in [-0.39, 0.29) is 0 Å². The largest absolute Gasteiger partial charge is 0.495 e. The van der Waals surface area contributed by atoms with Gasteiger partial charge in [-0.15, -0.1) is 0 Å². The molecular weight excluding hydrogens is 350 g/mol. The molecule has 2 nitrogen and oxygen atoms in total. The molecule has 1 atom stereocenters. The number of fused-ring (bicyclic) bond motifs is 1. The minimum absolute atomic E-state index is 0.382. The number of benzene rings is 2. The summed E-state index contributed by atoms with van der Waals surface area (Å²) in [5, 5.41) is 4.45. The Morgan fingerprint density at radius 1 is 1.19 bits per heavy atom. The molecule has 4 heteroatoms. The third kappa shape index (κ3) is 3.04. The topological polar surface area (TPSA) is 21.3 Å². The predicted octanol–water partition coefficient (Wildman–Crippen LogP) is 5.00. The molecular formula is C17H17BrClNO. The number of hydrogen-bond donors (Lipinski definition) is 1. The van der Waals surface area contributed by atoms with Crippen molar-refractivity contribution in [2.45, 2.75) is 25.8 Å². The van der Waals surface area contributed by atoms with Crippen molar-refractivity contribution < 1.29 is 4.74 Å². The lowest BCUT2D eigenvalue weighted by Crippen LogP contribution is -2.20. The first-order chi connectivity index (χ1) is 10.1. The van der Waals surface area contributed by atoms with E-state index in [9.17, 15) is 0 Å². The number of aryl methyl sites for hydroxylation is 1. The monoisotopic (exact) mass is 365 g/mol. The normalized spacial score (nSPS) is 16.7. The molecule has 0 aliphatic heterocycles. The predicted molar refractivity (Wildman–Crippen MR) is 91.7 cm³/mol. The molecule has 21 heavy (non-hydrogen) atoms. The summed E-state index contributed by atoms with van der Waals surface area (Å²) in [4.78, 5) is 0. The van der Waals surface area contributed by atoms with Gasteiger partial charge in [-0.1, -0.05) is 33.6 Å². The third-order valence-electron chi connectivity index (χ3n) is 3.93. The van der Waals surface area contributed by atoms with Gasteiger partial charge in [-0.3, -0.25) is 0 Å². The van der Waals surface area contributed by atoms with Crippen LogP contribution in [0, 0.1) is 6.92 Å². The van der Waals surface area contributed by atoms with Crippen molar-refractivity contribution in [1.29, 1.82) is 0 Å². The molecule has 0 radical (unpaired) electrons. The van der Waals surface area contributed by atoms with Crippen LogP contribution in [0.15, 0.2) is 34.8 Å². The van der Waals surface area contributed by atoms with Crippen molar-refractivity contribution in [1.82, 2.24) is 0 Å². The van der Waals surface area contributed by atoms with Gasteiger partial charge in [0.05, 0.1) is 12.8 Å². The van der Waals surface area contributed by atoms with E-state index in [0.29, 0.717) is 6.04 Å². The minimum atomic E-state index is 0.382. The maximum atomic E-state index is 6.08. The van der Waals surface area contributed by atoms with Crippen LogP contribution in [0.2, 0.25) is 5.02 Å². The van der Waals surface area contributed by atoms with Gasteiger partial charge < -0.3 is 10.1 Å². The number of anilines is 1. The average molecular weight is 367 g/mol. The highest BCUT2D eigenvalue weighted by Gasteiger charge is 2.23. The van der Waals surface area contributed by atoms with E-state index in [1.54, 1.807) is 7.11 Å². The van der Waals surface area contributed by atoms with Crippen LogP contribution < -0.4 is 10.1 Å². The highest BCUT2D eigenvalue weighted by molar-refractivity contribution is 9.10. The van der Waals surface area contributed by atoms with Crippen molar-refractivity contribution >= 4 is 33.2 Å². The Hall–Kier alpha value is -1.19. The zero-order valence-corrected chi connectivity index (χ0v) is 14.4. The fourth-order valence-corrected chi connectivity index (χ4v) is 3.70. The Labute approximate surface area is 138 Å². The molecule has 1 aliphatic carbocycles. The summed E-state index contributed by atoms with van der Waals surface area (Å²) < 4.78 is 6.53. The summed E-state index contributed by atoms with van der Waals surface area (Å²) in [6.07, 6.45) is 2.01. The van der Waals surface area contributed by atoms with Gasteiger partial charge in [0.15, 0.2) is 0 Å². The van der Waals surface area contributed by atoms with E-state index in [0.717, 1.165) is 33.8 Å². The first-order valence-electron chi connectivity index (χ1n) is 6.95. The maximum Gasteiger partial charge on any atom is 0.143 e. The highest BCUT2D eigenvalue weighted by Crippen LogP contribution is 2.35. The van der Waals surface area contributed by atoms with Crippen molar-refractivity contribution in [2.24, 2.45) is 0 Å². The number of nitrogens with one attached hydrogen (secondary N) is 1. The summed E-state index contributed by atoms with van der Waals surface area (Å²) in [7, 11) is 1.70. The molecule has 1 aliphatic rings. The van der Waals surface area contributed by atoms with Gasteiger partial charge in [-0.05, 0) is 60.7 Å². The van der Waals surface area contributed by atoms with Gasteiger partial charge in [0.2, 0.25) is 0 Å². The van der Waals surface area contributed by atoms with Crippen LogP contribution >= 0.6 is 27.5 Å². The summed E-state index contributed by atoms with van der Waals surface area (Å²) in [5.41, 5.74) is 4.97. The summed E-state index contributed by atoms with van der Waals surface area (Å²) in [6, 6.07) is 10.6. The lowest BCUT2D eigenvalue weighted by Gasteiger charge is -2.19. The number of methoxy groups -OCH3 is 1. The molecule has 0 saturated carbocycles.